The molecule has 0 N–H and O–H groups in total. The van der Waals surface area contributed by atoms with Gasteiger partial charge in [-0.2, -0.15) is 0 Å². The Hall–Kier alpha value is -2.06. The lowest BCUT2D eigenvalue weighted by Crippen LogP contribution is -2.41. The standard InChI is InChI=1S/C16H22FN3O4/c1-18(2)7-8-19(11-13-4-3-9-24-13)16(21)14-6-5-12(20(22)23)10-15(14)17/h5-6,10,13H,3-4,7-9,11H2,1-2H3. The van der Waals surface area contributed by atoms with Gasteiger partial charge in [-0.25, -0.2) is 4.39 Å². The summed E-state index contributed by atoms with van der Waals surface area (Å²) in [5.41, 5.74) is -0.527. The molecule has 1 atom stereocenters. The molecule has 1 aliphatic rings. The normalized spacial score (nSPS) is 17.2. The number of halogens is 1. The molecule has 1 aliphatic heterocycles. The molecule has 1 aromatic carbocycles. The highest BCUT2D eigenvalue weighted by molar-refractivity contribution is 5.94. The van der Waals surface area contributed by atoms with Gasteiger partial charge in [0, 0.05) is 32.3 Å². The SMILES string of the molecule is CN(C)CCN(CC1CCCO1)C(=O)c1ccc([N+](=O)[O-])cc1F. The molecule has 1 unspecified atom stereocenters. The van der Waals surface area contributed by atoms with Gasteiger partial charge in [0.05, 0.1) is 22.7 Å². The lowest BCUT2D eigenvalue weighted by atomic mass is 10.1. The Balaban J connectivity index is 2.17. The highest BCUT2D eigenvalue weighted by atomic mass is 19.1. The van der Waals surface area contributed by atoms with E-state index < -0.39 is 16.6 Å². The molecule has 7 nitrogen and oxygen atoms in total. The summed E-state index contributed by atoms with van der Waals surface area (Å²) in [6, 6.07) is 3.10. The second-order valence-corrected chi connectivity index (χ2v) is 6.11. The molecular formula is C16H22FN3O4. The number of hydrogen-bond acceptors (Lipinski definition) is 5. The van der Waals surface area contributed by atoms with Crippen LogP contribution in [-0.2, 0) is 4.74 Å². The van der Waals surface area contributed by atoms with Gasteiger partial charge in [-0.1, -0.05) is 0 Å². The molecule has 0 aliphatic carbocycles. The first-order chi connectivity index (χ1) is 11.4. The van der Waals surface area contributed by atoms with E-state index in [0.717, 1.165) is 25.0 Å². The van der Waals surface area contributed by atoms with Crippen LogP contribution in [-0.4, -0.2) is 67.1 Å². The van der Waals surface area contributed by atoms with E-state index in [-0.39, 0.29) is 17.4 Å². The molecule has 1 saturated heterocycles. The predicted molar refractivity (Wildman–Crippen MR) is 86.5 cm³/mol. The minimum absolute atomic E-state index is 0.0442. The van der Waals surface area contributed by atoms with Crippen molar-refractivity contribution in [1.29, 1.82) is 0 Å². The van der Waals surface area contributed by atoms with Gasteiger partial charge in [0.25, 0.3) is 11.6 Å². The van der Waals surface area contributed by atoms with Crippen molar-refractivity contribution < 1.29 is 18.8 Å². The van der Waals surface area contributed by atoms with Crippen LogP contribution in [0.1, 0.15) is 23.2 Å². The van der Waals surface area contributed by atoms with Crippen LogP contribution in [0.4, 0.5) is 10.1 Å². The molecule has 1 heterocycles. The topological polar surface area (TPSA) is 75.9 Å². The zero-order chi connectivity index (χ0) is 17.7. The summed E-state index contributed by atoms with van der Waals surface area (Å²) >= 11 is 0. The number of hydrogen-bond donors (Lipinski definition) is 0. The van der Waals surface area contributed by atoms with Crippen molar-refractivity contribution >= 4 is 11.6 Å². The number of carbonyl (C=O) groups is 1. The molecule has 8 heteroatoms. The van der Waals surface area contributed by atoms with Gasteiger partial charge in [0.2, 0.25) is 0 Å². The molecule has 0 saturated carbocycles. The molecule has 24 heavy (non-hydrogen) atoms. The third kappa shape index (κ3) is 4.72. The first-order valence-electron chi connectivity index (χ1n) is 7.88. The monoisotopic (exact) mass is 339 g/mol. The van der Waals surface area contributed by atoms with Gasteiger partial charge >= 0.3 is 0 Å². The Bertz CT molecular complexity index is 603. The highest BCUT2D eigenvalue weighted by Gasteiger charge is 2.26. The van der Waals surface area contributed by atoms with Gasteiger partial charge < -0.3 is 14.5 Å². The highest BCUT2D eigenvalue weighted by Crippen LogP contribution is 2.20. The summed E-state index contributed by atoms with van der Waals surface area (Å²) < 4.78 is 19.7. The maximum absolute atomic E-state index is 14.1. The number of ether oxygens (including phenoxy) is 1. The van der Waals surface area contributed by atoms with Gasteiger partial charge in [-0.05, 0) is 33.0 Å². The van der Waals surface area contributed by atoms with Crippen molar-refractivity contribution in [1.82, 2.24) is 9.80 Å². The Morgan fingerprint density at radius 3 is 2.71 bits per heavy atom. The number of benzene rings is 1. The molecule has 1 fully saturated rings. The zero-order valence-corrected chi connectivity index (χ0v) is 13.9. The van der Waals surface area contributed by atoms with E-state index in [1.165, 1.54) is 6.07 Å². The molecule has 0 aromatic heterocycles. The van der Waals surface area contributed by atoms with Crippen LogP contribution in [0.3, 0.4) is 0 Å². The van der Waals surface area contributed by atoms with Crippen LogP contribution in [0.2, 0.25) is 0 Å². The van der Waals surface area contributed by atoms with Crippen LogP contribution in [0.25, 0.3) is 0 Å². The summed E-state index contributed by atoms with van der Waals surface area (Å²) in [7, 11) is 3.78. The van der Waals surface area contributed by atoms with Gasteiger partial charge in [0.1, 0.15) is 5.82 Å². The minimum Gasteiger partial charge on any atom is -0.376 e. The summed E-state index contributed by atoms with van der Waals surface area (Å²) in [4.78, 5) is 26.2. The van der Waals surface area contributed by atoms with E-state index in [9.17, 15) is 19.3 Å². The molecular weight excluding hydrogens is 317 g/mol. The average molecular weight is 339 g/mol. The van der Waals surface area contributed by atoms with Crippen molar-refractivity contribution in [3.8, 4) is 0 Å². The second kappa shape index (κ2) is 8.16. The zero-order valence-electron chi connectivity index (χ0n) is 13.9. The summed E-state index contributed by atoms with van der Waals surface area (Å²) in [5.74, 6) is -1.35. The predicted octanol–water partition coefficient (Wildman–Crippen LogP) is 1.92. The Morgan fingerprint density at radius 2 is 2.17 bits per heavy atom. The van der Waals surface area contributed by atoms with Crippen molar-refractivity contribution in [2.75, 3.05) is 40.3 Å². The smallest absolute Gasteiger partial charge is 0.272 e. The van der Waals surface area contributed by atoms with Crippen LogP contribution < -0.4 is 0 Å². The van der Waals surface area contributed by atoms with Crippen molar-refractivity contribution in [2.24, 2.45) is 0 Å². The number of likely N-dealkylation sites (N-methyl/N-ethyl adjacent to an activating group) is 1. The largest absolute Gasteiger partial charge is 0.376 e. The van der Waals surface area contributed by atoms with E-state index >= 15 is 0 Å². The van der Waals surface area contributed by atoms with E-state index in [0.29, 0.717) is 26.2 Å². The maximum Gasteiger partial charge on any atom is 0.272 e. The number of amides is 1. The molecule has 1 amide bonds. The summed E-state index contributed by atoms with van der Waals surface area (Å²) in [6.45, 7) is 2.13. The molecule has 0 radical (unpaired) electrons. The third-order valence-electron chi connectivity index (χ3n) is 3.95. The number of carbonyl (C=O) groups excluding carboxylic acids is 1. The van der Waals surface area contributed by atoms with Gasteiger partial charge in [0.15, 0.2) is 0 Å². The fraction of sp³-hybridized carbons (Fsp3) is 0.562. The van der Waals surface area contributed by atoms with Crippen LogP contribution in [0, 0.1) is 15.9 Å². The van der Waals surface area contributed by atoms with E-state index in [2.05, 4.69) is 0 Å². The first kappa shape index (κ1) is 18.3. The molecule has 0 bridgehead atoms. The van der Waals surface area contributed by atoms with Crippen LogP contribution >= 0.6 is 0 Å². The molecule has 2 rings (SSSR count). The Kier molecular flexibility index (Phi) is 6.22. The fourth-order valence-electron chi connectivity index (χ4n) is 2.59. The second-order valence-electron chi connectivity index (χ2n) is 6.11. The van der Waals surface area contributed by atoms with E-state index in [1.807, 2.05) is 19.0 Å². The van der Waals surface area contributed by atoms with Crippen LogP contribution in [0.5, 0.6) is 0 Å². The quantitative estimate of drug-likeness (QED) is 0.560. The Morgan fingerprint density at radius 1 is 1.42 bits per heavy atom. The fourth-order valence-corrected chi connectivity index (χ4v) is 2.59. The van der Waals surface area contributed by atoms with Crippen molar-refractivity contribution in [2.45, 2.75) is 18.9 Å². The minimum atomic E-state index is -0.878. The third-order valence-corrected chi connectivity index (χ3v) is 3.95. The average Bonchev–Trinajstić information content (AvgIpc) is 3.03. The van der Waals surface area contributed by atoms with E-state index in [1.54, 1.807) is 4.90 Å². The summed E-state index contributed by atoms with van der Waals surface area (Å²) in [6.07, 6.45) is 1.78. The van der Waals surface area contributed by atoms with Crippen LogP contribution in [0.15, 0.2) is 18.2 Å². The number of nitrogens with zero attached hydrogens (tertiary/aromatic N) is 3. The lowest BCUT2D eigenvalue weighted by molar-refractivity contribution is -0.385. The van der Waals surface area contributed by atoms with Gasteiger partial charge in [-0.3, -0.25) is 14.9 Å². The van der Waals surface area contributed by atoms with Crippen molar-refractivity contribution in [3.05, 3.63) is 39.7 Å². The number of nitro benzene ring substituents is 1. The summed E-state index contributed by atoms with van der Waals surface area (Å²) in [5, 5.41) is 10.7. The lowest BCUT2D eigenvalue weighted by Gasteiger charge is -2.27. The number of non-ortho nitro benzene ring substituents is 1. The van der Waals surface area contributed by atoms with Gasteiger partial charge in [-0.15, -0.1) is 0 Å². The molecule has 132 valence electrons. The van der Waals surface area contributed by atoms with E-state index in [4.69, 9.17) is 4.74 Å². The Labute approximate surface area is 140 Å². The first-order valence-corrected chi connectivity index (χ1v) is 7.88. The number of rotatable bonds is 7. The molecule has 0 spiro atoms. The number of nitro groups is 1. The van der Waals surface area contributed by atoms with Crippen molar-refractivity contribution in [3.63, 3.8) is 0 Å². The molecule has 1 aromatic rings. The maximum atomic E-state index is 14.1.